The van der Waals surface area contributed by atoms with E-state index in [1.807, 2.05) is 0 Å². The summed E-state index contributed by atoms with van der Waals surface area (Å²) in [6.45, 7) is 14.5. The van der Waals surface area contributed by atoms with Gasteiger partial charge in [0.05, 0.1) is 5.56 Å². The summed E-state index contributed by atoms with van der Waals surface area (Å²) < 4.78 is 14.1. The van der Waals surface area contributed by atoms with Crippen molar-refractivity contribution in [2.45, 2.75) is 59.3 Å². The number of carbonyl (C=O) groups is 1. The molecule has 0 bridgehead atoms. The van der Waals surface area contributed by atoms with Crippen molar-refractivity contribution in [2.24, 2.45) is 5.41 Å². The zero-order valence-corrected chi connectivity index (χ0v) is 12.9. The Morgan fingerprint density at radius 3 is 1.79 bits per heavy atom. The van der Waals surface area contributed by atoms with Crippen LogP contribution in [0.25, 0.3) is 0 Å². The van der Waals surface area contributed by atoms with Gasteiger partial charge in [-0.25, -0.2) is 4.39 Å². The molecule has 0 N–H and O–H groups in total. The zero-order valence-electron chi connectivity index (χ0n) is 12.9. The summed E-state index contributed by atoms with van der Waals surface area (Å²) in [7, 11) is 0. The summed E-state index contributed by atoms with van der Waals surface area (Å²) in [6, 6.07) is 3.34. The van der Waals surface area contributed by atoms with E-state index in [-0.39, 0.29) is 27.6 Å². The number of fused-ring (bicyclic) bond motifs is 1. The molecule has 2 rings (SSSR count). The molecule has 1 aromatic rings. The molecule has 0 heterocycles. The highest BCUT2D eigenvalue weighted by Gasteiger charge is 2.57. The maximum absolute atomic E-state index is 14.1. The molecule has 0 unspecified atom stereocenters. The zero-order chi connectivity index (χ0) is 14.8. The second-order valence-electron chi connectivity index (χ2n) is 7.31. The van der Waals surface area contributed by atoms with Crippen molar-refractivity contribution in [3.63, 3.8) is 0 Å². The molecule has 1 aromatic carbocycles. The Balaban J connectivity index is 2.83. The fourth-order valence-corrected chi connectivity index (χ4v) is 3.33. The molecule has 0 aliphatic heterocycles. The second kappa shape index (κ2) is 3.68. The molecule has 2 heteroatoms. The van der Waals surface area contributed by atoms with Crippen LogP contribution in [-0.2, 0) is 10.8 Å². The normalized spacial score (nSPS) is 22.1. The fourth-order valence-electron chi connectivity index (χ4n) is 3.33. The molecule has 0 atom stereocenters. The van der Waals surface area contributed by atoms with Crippen LogP contribution in [-0.4, -0.2) is 5.78 Å². The maximum Gasteiger partial charge on any atom is 0.162 e. The lowest BCUT2D eigenvalue weighted by Gasteiger charge is -2.44. The Kier molecular flexibility index (Phi) is 2.76. The Morgan fingerprint density at radius 2 is 1.37 bits per heavy atom. The molecule has 1 nitrogen and oxygen atoms in total. The monoisotopic (exact) mass is 262 g/mol. The van der Waals surface area contributed by atoms with Gasteiger partial charge in [-0.15, -0.1) is 0 Å². The molecule has 0 fully saturated rings. The highest BCUT2D eigenvalue weighted by molar-refractivity contribution is 5.94. The first-order valence-electron chi connectivity index (χ1n) is 6.80. The van der Waals surface area contributed by atoms with Crippen LogP contribution in [0.15, 0.2) is 12.1 Å². The van der Waals surface area contributed by atoms with Crippen LogP contribution in [0.5, 0.6) is 0 Å². The third kappa shape index (κ3) is 1.55. The summed E-state index contributed by atoms with van der Waals surface area (Å²) in [4.78, 5) is 11.6. The summed E-state index contributed by atoms with van der Waals surface area (Å²) in [5.74, 6) is -0.605. The second-order valence-corrected chi connectivity index (χ2v) is 7.31. The average Bonchev–Trinajstić information content (AvgIpc) is 2.35. The van der Waals surface area contributed by atoms with E-state index in [1.165, 1.54) is 6.92 Å². The van der Waals surface area contributed by atoms with E-state index in [9.17, 15) is 9.18 Å². The predicted molar refractivity (Wildman–Crippen MR) is 76.2 cm³/mol. The van der Waals surface area contributed by atoms with Gasteiger partial charge in [-0.3, -0.25) is 4.79 Å². The number of Topliss-reactive ketones (excluding diaryl/α,β-unsaturated/α-hetero) is 1. The highest BCUT2D eigenvalue weighted by Crippen LogP contribution is 2.61. The highest BCUT2D eigenvalue weighted by atomic mass is 19.1. The minimum absolute atomic E-state index is 0.00974. The topological polar surface area (TPSA) is 17.1 Å². The molecule has 0 radical (unpaired) electrons. The van der Waals surface area contributed by atoms with E-state index < -0.39 is 5.82 Å². The van der Waals surface area contributed by atoms with Crippen LogP contribution in [0.2, 0.25) is 0 Å². The molecule has 19 heavy (non-hydrogen) atoms. The van der Waals surface area contributed by atoms with Gasteiger partial charge in [0.1, 0.15) is 5.82 Å². The first-order chi connectivity index (χ1) is 8.44. The van der Waals surface area contributed by atoms with Crippen LogP contribution >= 0.6 is 0 Å². The standard InChI is InChI=1S/C17H23FO/c1-10(19)11-8-12-13(9-14(11)18)16(4,5)17(6,7)15(12,2)3/h8-9H,1-7H3. The van der Waals surface area contributed by atoms with E-state index in [0.717, 1.165) is 11.1 Å². The first kappa shape index (κ1) is 14.2. The number of benzene rings is 1. The van der Waals surface area contributed by atoms with Crippen LogP contribution in [0.3, 0.4) is 0 Å². The largest absolute Gasteiger partial charge is 0.294 e. The van der Waals surface area contributed by atoms with Crippen LogP contribution in [0.1, 0.15) is 70.0 Å². The van der Waals surface area contributed by atoms with Crippen LogP contribution in [0, 0.1) is 11.2 Å². The summed E-state index contributed by atoms with van der Waals surface area (Å²) in [5, 5.41) is 0. The van der Waals surface area contributed by atoms with E-state index in [4.69, 9.17) is 0 Å². The first-order valence-corrected chi connectivity index (χ1v) is 6.80. The number of halogens is 1. The third-order valence-electron chi connectivity index (χ3n) is 5.96. The number of hydrogen-bond acceptors (Lipinski definition) is 1. The van der Waals surface area contributed by atoms with Crippen molar-refractivity contribution >= 4 is 5.78 Å². The molecule has 0 amide bonds. The maximum atomic E-state index is 14.1. The van der Waals surface area contributed by atoms with Crippen molar-refractivity contribution in [3.05, 3.63) is 34.6 Å². The SMILES string of the molecule is CC(=O)c1cc2c(cc1F)C(C)(C)C(C)(C)C2(C)C. The number of rotatable bonds is 1. The smallest absolute Gasteiger partial charge is 0.162 e. The van der Waals surface area contributed by atoms with Gasteiger partial charge in [0.2, 0.25) is 0 Å². The number of carbonyl (C=O) groups excluding carboxylic acids is 1. The van der Waals surface area contributed by atoms with E-state index in [2.05, 4.69) is 41.5 Å². The molecular formula is C17H23FO. The lowest BCUT2D eigenvalue weighted by atomic mass is 9.59. The Hall–Kier alpha value is -1.18. The van der Waals surface area contributed by atoms with Crippen molar-refractivity contribution in [2.75, 3.05) is 0 Å². The van der Waals surface area contributed by atoms with Crippen LogP contribution in [0.4, 0.5) is 4.39 Å². The molecule has 0 aromatic heterocycles. The Labute approximate surface area is 115 Å². The van der Waals surface area contributed by atoms with Crippen molar-refractivity contribution < 1.29 is 9.18 Å². The van der Waals surface area contributed by atoms with Gasteiger partial charge in [0, 0.05) is 0 Å². The molecule has 1 aliphatic carbocycles. The lowest BCUT2D eigenvalue weighted by molar-refractivity contribution is 0.101. The molecule has 104 valence electrons. The van der Waals surface area contributed by atoms with Gasteiger partial charge in [-0.05, 0) is 46.4 Å². The molecule has 0 saturated carbocycles. The summed E-state index contributed by atoms with van der Waals surface area (Å²) in [5.41, 5.74) is 2.12. The van der Waals surface area contributed by atoms with Crippen molar-refractivity contribution in [1.29, 1.82) is 0 Å². The van der Waals surface area contributed by atoms with E-state index >= 15 is 0 Å². The van der Waals surface area contributed by atoms with Crippen molar-refractivity contribution in [1.82, 2.24) is 0 Å². The summed E-state index contributed by atoms with van der Waals surface area (Å²) in [6.07, 6.45) is 0. The number of ketones is 1. The molecule has 1 aliphatic rings. The summed E-state index contributed by atoms with van der Waals surface area (Å²) >= 11 is 0. The quantitative estimate of drug-likeness (QED) is 0.675. The Bertz CT molecular complexity index is 565. The fraction of sp³-hybridized carbons (Fsp3) is 0.588. The van der Waals surface area contributed by atoms with Gasteiger partial charge in [0.15, 0.2) is 5.78 Å². The molecule has 0 saturated heterocycles. The van der Waals surface area contributed by atoms with Gasteiger partial charge in [-0.2, -0.15) is 0 Å². The van der Waals surface area contributed by atoms with Gasteiger partial charge < -0.3 is 0 Å². The number of hydrogen-bond donors (Lipinski definition) is 0. The van der Waals surface area contributed by atoms with Crippen LogP contribution < -0.4 is 0 Å². The predicted octanol–water partition coefficient (Wildman–Crippen LogP) is 4.62. The van der Waals surface area contributed by atoms with Gasteiger partial charge >= 0.3 is 0 Å². The van der Waals surface area contributed by atoms with E-state index in [1.54, 1.807) is 12.1 Å². The third-order valence-corrected chi connectivity index (χ3v) is 5.96. The molecule has 0 spiro atoms. The van der Waals surface area contributed by atoms with Gasteiger partial charge in [0.25, 0.3) is 0 Å². The average molecular weight is 262 g/mol. The minimum Gasteiger partial charge on any atom is -0.294 e. The van der Waals surface area contributed by atoms with Crippen molar-refractivity contribution in [3.8, 4) is 0 Å². The molecular weight excluding hydrogens is 239 g/mol. The van der Waals surface area contributed by atoms with E-state index in [0.29, 0.717) is 0 Å². The minimum atomic E-state index is -0.396. The Morgan fingerprint density at radius 1 is 0.947 bits per heavy atom. The van der Waals surface area contributed by atoms with Gasteiger partial charge in [-0.1, -0.05) is 41.5 Å². The lowest BCUT2D eigenvalue weighted by Crippen LogP contribution is -2.42.